The molecule has 0 amide bonds. The Morgan fingerprint density at radius 3 is 2.53 bits per heavy atom. The number of aryl methyl sites for hydroxylation is 1. The van der Waals surface area contributed by atoms with E-state index in [9.17, 15) is 8.42 Å². The van der Waals surface area contributed by atoms with Gasteiger partial charge in [0.15, 0.2) is 0 Å². The van der Waals surface area contributed by atoms with E-state index in [1.54, 1.807) is 0 Å². The van der Waals surface area contributed by atoms with Gasteiger partial charge in [0.2, 0.25) is 0 Å². The van der Waals surface area contributed by atoms with Gasteiger partial charge in [-0.05, 0) is 55.7 Å². The lowest BCUT2D eigenvalue weighted by atomic mass is 9.91. The fraction of sp³-hybridized carbons (Fsp3) is 0.538. The Balaban J connectivity index is 2.24. The molecular formula is C13H18O3S. The number of rotatable bonds is 2. The summed E-state index contributed by atoms with van der Waals surface area (Å²) in [6.45, 7) is 4.14. The van der Waals surface area contributed by atoms with Crippen LogP contribution >= 0.6 is 0 Å². The van der Waals surface area contributed by atoms with Gasteiger partial charge in [-0.2, -0.15) is 8.42 Å². The maximum absolute atomic E-state index is 11.1. The normalized spacial score (nSPS) is 25.1. The lowest BCUT2D eigenvalue weighted by Crippen LogP contribution is -2.16. The molecule has 2 atom stereocenters. The fourth-order valence-corrected chi connectivity index (χ4v) is 3.62. The first-order valence-electron chi connectivity index (χ1n) is 5.92. The summed E-state index contributed by atoms with van der Waals surface area (Å²) in [4.78, 5) is 0. The molecule has 0 bridgehead atoms. The van der Waals surface area contributed by atoms with Gasteiger partial charge in [0.25, 0.3) is 10.1 Å². The average Bonchev–Trinajstić information content (AvgIpc) is 2.70. The molecule has 0 radical (unpaired) electrons. The van der Waals surface area contributed by atoms with E-state index >= 15 is 0 Å². The van der Waals surface area contributed by atoms with Crippen LogP contribution in [0.25, 0.3) is 0 Å². The van der Waals surface area contributed by atoms with Crippen LogP contribution < -0.4 is 0 Å². The summed E-state index contributed by atoms with van der Waals surface area (Å²) in [7, 11) is -3.87. The molecule has 2 rings (SSSR count). The Hall–Kier alpha value is -0.870. The standard InChI is InChI=1S/C13H18O3S/c1-9-4-3-5-13(10(9)2)11-6-7-12(8-11)17(14,15)16/h3-5,11-12H,6-8H2,1-2H3,(H,14,15,16). The van der Waals surface area contributed by atoms with E-state index in [1.807, 2.05) is 6.07 Å². The van der Waals surface area contributed by atoms with Gasteiger partial charge in [-0.25, -0.2) is 0 Å². The molecule has 1 N–H and O–H groups in total. The minimum absolute atomic E-state index is 0.266. The Morgan fingerprint density at radius 1 is 1.24 bits per heavy atom. The van der Waals surface area contributed by atoms with Crippen LogP contribution in [0.5, 0.6) is 0 Å². The minimum Gasteiger partial charge on any atom is -0.285 e. The Morgan fingerprint density at radius 2 is 1.94 bits per heavy atom. The van der Waals surface area contributed by atoms with Crippen molar-refractivity contribution in [3.63, 3.8) is 0 Å². The van der Waals surface area contributed by atoms with Crippen LogP contribution in [-0.2, 0) is 10.1 Å². The molecule has 1 aromatic carbocycles. The van der Waals surface area contributed by atoms with Crippen molar-refractivity contribution in [2.24, 2.45) is 0 Å². The van der Waals surface area contributed by atoms with E-state index in [-0.39, 0.29) is 5.92 Å². The second-order valence-corrected chi connectivity index (χ2v) is 6.63. The zero-order valence-electron chi connectivity index (χ0n) is 10.2. The lowest BCUT2D eigenvalue weighted by Gasteiger charge is -2.15. The maximum Gasteiger partial charge on any atom is 0.267 e. The van der Waals surface area contributed by atoms with E-state index in [4.69, 9.17) is 4.55 Å². The monoisotopic (exact) mass is 254 g/mol. The van der Waals surface area contributed by atoms with Gasteiger partial charge in [0.05, 0.1) is 5.25 Å². The van der Waals surface area contributed by atoms with Crippen LogP contribution in [0.3, 0.4) is 0 Å². The zero-order valence-corrected chi connectivity index (χ0v) is 11.0. The summed E-state index contributed by atoms with van der Waals surface area (Å²) in [5.41, 5.74) is 3.71. The molecule has 3 nitrogen and oxygen atoms in total. The third kappa shape index (κ3) is 2.53. The molecule has 0 aliphatic heterocycles. The number of hydrogen-bond donors (Lipinski definition) is 1. The highest BCUT2D eigenvalue weighted by Crippen LogP contribution is 2.39. The third-order valence-corrected chi connectivity index (χ3v) is 5.16. The summed E-state index contributed by atoms with van der Waals surface area (Å²) in [6.07, 6.45) is 1.95. The quantitative estimate of drug-likeness (QED) is 0.826. The second kappa shape index (κ2) is 4.42. The molecular weight excluding hydrogens is 236 g/mol. The van der Waals surface area contributed by atoms with Crippen molar-refractivity contribution in [1.29, 1.82) is 0 Å². The zero-order chi connectivity index (χ0) is 12.6. The van der Waals surface area contributed by atoms with Crippen LogP contribution in [0.15, 0.2) is 18.2 Å². The summed E-state index contributed by atoms with van der Waals surface area (Å²) < 4.78 is 31.3. The van der Waals surface area contributed by atoms with Gasteiger partial charge >= 0.3 is 0 Å². The number of hydrogen-bond acceptors (Lipinski definition) is 2. The van der Waals surface area contributed by atoms with Crippen molar-refractivity contribution in [1.82, 2.24) is 0 Å². The highest BCUT2D eigenvalue weighted by Gasteiger charge is 2.34. The van der Waals surface area contributed by atoms with E-state index in [1.165, 1.54) is 16.7 Å². The van der Waals surface area contributed by atoms with E-state index < -0.39 is 15.4 Å². The molecule has 17 heavy (non-hydrogen) atoms. The smallest absolute Gasteiger partial charge is 0.267 e. The van der Waals surface area contributed by atoms with Gasteiger partial charge in [-0.3, -0.25) is 4.55 Å². The van der Waals surface area contributed by atoms with Crippen LogP contribution in [0, 0.1) is 13.8 Å². The molecule has 4 heteroatoms. The fourth-order valence-electron chi connectivity index (χ4n) is 2.71. The van der Waals surface area contributed by atoms with Crippen molar-refractivity contribution in [2.45, 2.75) is 44.3 Å². The number of benzene rings is 1. The topological polar surface area (TPSA) is 54.4 Å². The Kier molecular flexibility index (Phi) is 3.27. The van der Waals surface area contributed by atoms with Gasteiger partial charge in [0.1, 0.15) is 0 Å². The maximum atomic E-state index is 11.1. The summed E-state index contributed by atoms with van der Waals surface area (Å²) in [5.74, 6) is 0.266. The van der Waals surface area contributed by atoms with Crippen LogP contribution in [0.2, 0.25) is 0 Å². The highest BCUT2D eigenvalue weighted by molar-refractivity contribution is 7.86. The SMILES string of the molecule is Cc1cccc(C2CCC(S(=O)(=O)O)C2)c1C. The summed E-state index contributed by atoms with van der Waals surface area (Å²) in [5, 5.41) is -0.576. The molecule has 0 saturated heterocycles. The van der Waals surface area contributed by atoms with E-state index in [0.29, 0.717) is 12.8 Å². The van der Waals surface area contributed by atoms with Crippen LogP contribution in [0.4, 0.5) is 0 Å². The van der Waals surface area contributed by atoms with Crippen molar-refractivity contribution < 1.29 is 13.0 Å². The third-order valence-electron chi connectivity index (χ3n) is 3.89. The van der Waals surface area contributed by atoms with E-state index in [0.717, 1.165) is 6.42 Å². The van der Waals surface area contributed by atoms with Crippen molar-refractivity contribution in [2.75, 3.05) is 0 Å². The van der Waals surface area contributed by atoms with Crippen LogP contribution in [-0.4, -0.2) is 18.2 Å². The first-order chi connectivity index (χ1) is 7.89. The second-order valence-electron chi connectivity index (χ2n) is 4.94. The molecule has 1 aliphatic carbocycles. The van der Waals surface area contributed by atoms with Gasteiger partial charge in [0, 0.05) is 0 Å². The van der Waals surface area contributed by atoms with Gasteiger partial charge in [-0.15, -0.1) is 0 Å². The summed E-state index contributed by atoms with van der Waals surface area (Å²) in [6, 6.07) is 6.14. The first-order valence-corrected chi connectivity index (χ1v) is 7.42. The molecule has 1 fully saturated rings. The minimum atomic E-state index is -3.87. The average molecular weight is 254 g/mol. The molecule has 0 spiro atoms. The molecule has 94 valence electrons. The van der Waals surface area contributed by atoms with Crippen LogP contribution in [0.1, 0.15) is 41.9 Å². The molecule has 0 heterocycles. The molecule has 2 unspecified atom stereocenters. The van der Waals surface area contributed by atoms with Gasteiger partial charge < -0.3 is 0 Å². The summed E-state index contributed by atoms with van der Waals surface area (Å²) >= 11 is 0. The molecule has 1 aliphatic rings. The molecule has 1 aromatic rings. The predicted molar refractivity (Wildman–Crippen MR) is 67.8 cm³/mol. The lowest BCUT2D eigenvalue weighted by molar-refractivity contribution is 0.466. The Bertz CT molecular complexity index is 519. The molecule has 1 saturated carbocycles. The first kappa shape index (κ1) is 12.6. The Labute approximate surface area is 103 Å². The van der Waals surface area contributed by atoms with Crippen molar-refractivity contribution in [3.05, 3.63) is 34.9 Å². The van der Waals surface area contributed by atoms with Crippen molar-refractivity contribution in [3.8, 4) is 0 Å². The van der Waals surface area contributed by atoms with Crippen molar-refractivity contribution >= 4 is 10.1 Å². The largest absolute Gasteiger partial charge is 0.285 e. The van der Waals surface area contributed by atoms with E-state index in [2.05, 4.69) is 26.0 Å². The predicted octanol–water partition coefficient (Wildman–Crippen LogP) is 2.83. The highest BCUT2D eigenvalue weighted by atomic mass is 32.2. The molecule has 0 aromatic heterocycles. The van der Waals surface area contributed by atoms with Gasteiger partial charge in [-0.1, -0.05) is 18.2 Å².